The molecule has 0 aliphatic heterocycles. The van der Waals surface area contributed by atoms with Crippen LogP contribution in [0.1, 0.15) is 30.6 Å². The normalized spacial score (nSPS) is 11.4. The molecule has 0 bridgehead atoms. The Bertz CT molecular complexity index is 730. The molecule has 8 nitrogen and oxygen atoms in total. The van der Waals surface area contributed by atoms with Crippen LogP contribution < -0.4 is 9.46 Å². The smallest absolute Gasteiger partial charge is 0.305 e. The van der Waals surface area contributed by atoms with Gasteiger partial charge in [0.2, 0.25) is 10.0 Å². The predicted octanol–water partition coefficient (Wildman–Crippen LogP) is 1.18. The molecule has 0 spiro atoms. The van der Waals surface area contributed by atoms with Crippen molar-refractivity contribution in [3.05, 3.63) is 23.8 Å². The zero-order valence-electron chi connectivity index (χ0n) is 14.8. The van der Waals surface area contributed by atoms with E-state index >= 15 is 0 Å². The number of carboxylic acids is 1. The Labute approximate surface area is 147 Å². The lowest BCUT2D eigenvalue weighted by Gasteiger charge is -2.24. The van der Waals surface area contributed by atoms with Gasteiger partial charge in [0.15, 0.2) is 0 Å². The van der Waals surface area contributed by atoms with Crippen molar-refractivity contribution in [2.75, 3.05) is 27.2 Å². The van der Waals surface area contributed by atoms with Crippen molar-refractivity contribution >= 4 is 21.9 Å². The van der Waals surface area contributed by atoms with Crippen LogP contribution in [0.4, 0.5) is 0 Å². The summed E-state index contributed by atoms with van der Waals surface area (Å²) in [4.78, 5) is 24.8. The van der Waals surface area contributed by atoms with E-state index in [1.165, 1.54) is 37.3 Å². The number of nitrogens with one attached hydrogen (secondary N) is 1. The summed E-state index contributed by atoms with van der Waals surface area (Å²) >= 11 is 0. The van der Waals surface area contributed by atoms with Crippen LogP contribution in [0.3, 0.4) is 0 Å². The highest BCUT2D eigenvalue weighted by Crippen LogP contribution is 2.25. The van der Waals surface area contributed by atoms with Gasteiger partial charge in [0.05, 0.1) is 13.5 Å². The van der Waals surface area contributed by atoms with Gasteiger partial charge in [0.1, 0.15) is 10.6 Å². The minimum atomic E-state index is -3.81. The van der Waals surface area contributed by atoms with E-state index in [9.17, 15) is 18.0 Å². The second kappa shape index (κ2) is 8.82. The Morgan fingerprint density at radius 3 is 2.44 bits per heavy atom. The SMILES string of the molecule is CNS(=O)(=O)c1cc(C(=O)N(CCC(=O)O)CC(C)C)ccc1OC. The monoisotopic (exact) mass is 372 g/mol. The van der Waals surface area contributed by atoms with E-state index in [0.717, 1.165) is 0 Å². The molecule has 0 aromatic heterocycles. The van der Waals surface area contributed by atoms with Gasteiger partial charge in [0, 0.05) is 18.7 Å². The van der Waals surface area contributed by atoms with E-state index < -0.39 is 21.9 Å². The van der Waals surface area contributed by atoms with Crippen LogP contribution in [0.2, 0.25) is 0 Å². The van der Waals surface area contributed by atoms with Gasteiger partial charge in [-0.2, -0.15) is 0 Å². The van der Waals surface area contributed by atoms with Gasteiger partial charge >= 0.3 is 5.97 Å². The summed E-state index contributed by atoms with van der Waals surface area (Å²) in [5.41, 5.74) is 0.153. The highest BCUT2D eigenvalue weighted by atomic mass is 32.2. The van der Waals surface area contributed by atoms with Gasteiger partial charge in [-0.3, -0.25) is 9.59 Å². The van der Waals surface area contributed by atoms with Crippen molar-refractivity contribution in [3.8, 4) is 5.75 Å². The number of hydrogen-bond donors (Lipinski definition) is 2. The van der Waals surface area contributed by atoms with Crippen LogP contribution in [0.15, 0.2) is 23.1 Å². The third kappa shape index (κ3) is 5.71. The third-order valence-electron chi connectivity index (χ3n) is 3.44. The first-order valence-corrected chi connectivity index (χ1v) is 9.23. The summed E-state index contributed by atoms with van der Waals surface area (Å²) in [5, 5.41) is 8.86. The van der Waals surface area contributed by atoms with Crippen LogP contribution >= 0.6 is 0 Å². The highest BCUT2D eigenvalue weighted by molar-refractivity contribution is 7.89. The number of amides is 1. The first-order chi connectivity index (χ1) is 11.6. The number of ether oxygens (including phenoxy) is 1. The van der Waals surface area contributed by atoms with Crippen LogP contribution in [-0.4, -0.2) is 57.5 Å². The third-order valence-corrected chi connectivity index (χ3v) is 4.87. The number of carbonyl (C=O) groups is 2. The van der Waals surface area contributed by atoms with Crippen LogP contribution in [-0.2, 0) is 14.8 Å². The topological polar surface area (TPSA) is 113 Å². The maximum absolute atomic E-state index is 12.7. The Kier molecular flexibility index (Phi) is 7.38. The standard InChI is InChI=1S/C16H24N2O6S/c1-11(2)10-18(8-7-15(19)20)16(21)12-5-6-13(24-4)14(9-12)25(22,23)17-3/h5-6,9,11,17H,7-8,10H2,1-4H3,(H,19,20). The second-order valence-corrected chi connectivity index (χ2v) is 7.72. The van der Waals surface area contributed by atoms with Gasteiger partial charge in [-0.05, 0) is 31.2 Å². The lowest BCUT2D eigenvalue weighted by molar-refractivity contribution is -0.137. The Hall–Kier alpha value is -2.13. The molecule has 0 unspecified atom stereocenters. The molecular weight excluding hydrogens is 348 g/mol. The summed E-state index contributed by atoms with van der Waals surface area (Å²) in [6.45, 7) is 4.23. The molecule has 0 fully saturated rings. The summed E-state index contributed by atoms with van der Waals surface area (Å²) in [6.07, 6.45) is -0.184. The molecule has 0 atom stereocenters. The second-order valence-electron chi connectivity index (χ2n) is 5.86. The van der Waals surface area contributed by atoms with Gasteiger partial charge < -0.3 is 14.7 Å². The minimum Gasteiger partial charge on any atom is -0.495 e. The Morgan fingerprint density at radius 2 is 1.96 bits per heavy atom. The summed E-state index contributed by atoms with van der Waals surface area (Å²) in [6, 6.07) is 4.10. The van der Waals surface area contributed by atoms with E-state index in [4.69, 9.17) is 9.84 Å². The lowest BCUT2D eigenvalue weighted by Crippen LogP contribution is -2.36. The molecule has 1 aromatic rings. The molecule has 0 aliphatic rings. The average Bonchev–Trinajstić information content (AvgIpc) is 2.56. The number of carbonyl (C=O) groups excluding carboxylic acids is 1. The van der Waals surface area contributed by atoms with Crippen molar-refractivity contribution in [2.45, 2.75) is 25.2 Å². The zero-order valence-corrected chi connectivity index (χ0v) is 15.6. The summed E-state index contributed by atoms with van der Waals surface area (Å²) in [5.74, 6) is -1.18. The van der Waals surface area contributed by atoms with Gasteiger partial charge in [-0.25, -0.2) is 13.1 Å². The quantitative estimate of drug-likeness (QED) is 0.673. The molecular formula is C16H24N2O6S. The van der Waals surface area contributed by atoms with Crippen molar-refractivity contribution in [1.82, 2.24) is 9.62 Å². The number of methoxy groups -OCH3 is 1. The zero-order chi connectivity index (χ0) is 19.2. The van der Waals surface area contributed by atoms with Crippen molar-refractivity contribution in [1.29, 1.82) is 0 Å². The predicted molar refractivity (Wildman–Crippen MR) is 92.2 cm³/mol. The first-order valence-electron chi connectivity index (χ1n) is 7.75. The molecule has 9 heteroatoms. The molecule has 0 saturated heterocycles. The van der Waals surface area contributed by atoms with E-state index in [0.29, 0.717) is 6.54 Å². The van der Waals surface area contributed by atoms with E-state index in [-0.39, 0.29) is 35.1 Å². The van der Waals surface area contributed by atoms with Crippen molar-refractivity contribution in [2.24, 2.45) is 5.92 Å². The van der Waals surface area contributed by atoms with Crippen molar-refractivity contribution in [3.63, 3.8) is 0 Å². The van der Waals surface area contributed by atoms with Gasteiger partial charge in [-0.15, -0.1) is 0 Å². The number of hydrogen-bond acceptors (Lipinski definition) is 5. The number of sulfonamides is 1. The highest BCUT2D eigenvalue weighted by Gasteiger charge is 2.23. The van der Waals surface area contributed by atoms with Crippen LogP contribution in [0.25, 0.3) is 0 Å². The number of nitrogens with zero attached hydrogens (tertiary/aromatic N) is 1. The van der Waals surface area contributed by atoms with Crippen LogP contribution in [0, 0.1) is 5.92 Å². The minimum absolute atomic E-state index is 0.0481. The fourth-order valence-electron chi connectivity index (χ4n) is 2.26. The molecule has 1 rings (SSSR count). The fraction of sp³-hybridized carbons (Fsp3) is 0.500. The number of rotatable bonds is 9. The molecule has 0 saturated carbocycles. The van der Waals surface area contributed by atoms with Gasteiger partial charge in [0.25, 0.3) is 5.91 Å². The maximum Gasteiger partial charge on any atom is 0.305 e. The van der Waals surface area contributed by atoms with Crippen LogP contribution in [0.5, 0.6) is 5.75 Å². The van der Waals surface area contributed by atoms with E-state index in [1.54, 1.807) is 0 Å². The molecule has 0 heterocycles. The van der Waals surface area contributed by atoms with E-state index in [1.807, 2.05) is 13.8 Å². The molecule has 1 amide bonds. The summed E-state index contributed by atoms with van der Waals surface area (Å²) in [7, 11) is -1.21. The Morgan fingerprint density at radius 1 is 1.32 bits per heavy atom. The largest absolute Gasteiger partial charge is 0.495 e. The number of benzene rings is 1. The molecule has 140 valence electrons. The average molecular weight is 372 g/mol. The van der Waals surface area contributed by atoms with Crippen molar-refractivity contribution < 1.29 is 27.9 Å². The Balaban J connectivity index is 3.25. The molecule has 0 radical (unpaired) electrons. The molecule has 1 aromatic carbocycles. The van der Waals surface area contributed by atoms with E-state index in [2.05, 4.69) is 4.72 Å². The fourth-order valence-corrected chi connectivity index (χ4v) is 3.18. The first kappa shape index (κ1) is 20.9. The molecule has 2 N–H and O–H groups in total. The van der Waals surface area contributed by atoms with Gasteiger partial charge in [-0.1, -0.05) is 13.8 Å². The number of carboxylic acid groups (broad SMARTS) is 1. The molecule has 0 aliphatic carbocycles. The lowest BCUT2D eigenvalue weighted by atomic mass is 10.1. The summed E-state index contributed by atoms with van der Waals surface area (Å²) < 4.78 is 31.5. The number of aliphatic carboxylic acids is 1. The maximum atomic E-state index is 12.7. The molecule has 25 heavy (non-hydrogen) atoms.